The highest BCUT2D eigenvalue weighted by molar-refractivity contribution is 7.18. The van der Waals surface area contributed by atoms with Crippen LogP contribution < -0.4 is 11.1 Å². The molecule has 106 valence electrons. The van der Waals surface area contributed by atoms with Crippen LogP contribution in [-0.4, -0.2) is 29.3 Å². The van der Waals surface area contributed by atoms with E-state index in [0.29, 0.717) is 0 Å². The molecule has 20 heavy (non-hydrogen) atoms. The van der Waals surface area contributed by atoms with Gasteiger partial charge in [0, 0.05) is 0 Å². The number of nitrogens with two attached hydrogens (primary N) is 1. The minimum Gasteiger partial charge on any atom is -0.348 e. The molecule has 2 aromatic rings. The maximum atomic E-state index is 11.8. The minimum atomic E-state index is -0.603. The Balaban J connectivity index is 1.97. The molecule has 1 aromatic heterocycles. The van der Waals surface area contributed by atoms with Crippen LogP contribution in [0.1, 0.15) is 17.5 Å². The van der Waals surface area contributed by atoms with Crippen molar-refractivity contribution in [3.05, 3.63) is 28.8 Å². The Labute approximate surface area is 121 Å². The Kier molecular flexibility index (Phi) is 4.46. The number of amides is 1. The number of carbonyl (C=O) groups excluding carboxylic acids is 2. The summed E-state index contributed by atoms with van der Waals surface area (Å²) in [7, 11) is 0. The average Bonchev–Trinajstić information content (AvgIpc) is 2.76. The summed E-state index contributed by atoms with van der Waals surface area (Å²) in [6.07, 6.45) is 0.234. The quantitative estimate of drug-likeness (QED) is 0.866. The molecule has 0 aliphatic rings. The second-order valence-electron chi connectivity index (χ2n) is 4.80. The molecule has 0 saturated carbocycles. The summed E-state index contributed by atoms with van der Waals surface area (Å²) < 4.78 is 1.08. The fraction of sp³-hybridized carbons (Fsp3) is 0.357. The molecule has 1 aromatic carbocycles. The van der Waals surface area contributed by atoms with Gasteiger partial charge >= 0.3 is 0 Å². The topological polar surface area (TPSA) is 85.1 Å². The molecule has 0 aliphatic heterocycles. The zero-order valence-electron chi connectivity index (χ0n) is 11.5. The predicted octanol–water partition coefficient (Wildman–Crippen LogP) is 1.18. The van der Waals surface area contributed by atoms with Gasteiger partial charge in [-0.1, -0.05) is 6.07 Å². The maximum absolute atomic E-state index is 11.8. The molecule has 0 unspecified atom stereocenters. The van der Waals surface area contributed by atoms with Crippen molar-refractivity contribution in [3.8, 4) is 0 Å². The van der Waals surface area contributed by atoms with E-state index in [9.17, 15) is 9.59 Å². The van der Waals surface area contributed by atoms with Crippen molar-refractivity contribution in [3.63, 3.8) is 0 Å². The number of hydrogen-bond acceptors (Lipinski definition) is 5. The second-order valence-corrected chi connectivity index (χ2v) is 5.92. The van der Waals surface area contributed by atoms with Crippen molar-refractivity contribution in [1.29, 1.82) is 0 Å². The van der Waals surface area contributed by atoms with Crippen LogP contribution in [-0.2, 0) is 16.0 Å². The van der Waals surface area contributed by atoms with Gasteiger partial charge in [0.1, 0.15) is 5.01 Å². The molecule has 1 atom stereocenters. The number of thiazole rings is 1. The number of rotatable bonds is 5. The van der Waals surface area contributed by atoms with Crippen LogP contribution in [0.25, 0.3) is 10.2 Å². The zero-order valence-corrected chi connectivity index (χ0v) is 12.3. The van der Waals surface area contributed by atoms with Gasteiger partial charge in [0.05, 0.1) is 29.2 Å². The van der Waals surface area contributed by atoms with Crippen LogP contribution in [0.2, 0.25) is 0 Å². The fourth-order valence-corrected chi connectivity index (χ4v) is 2.83. The zero-order chi connectivity index (χ0) is 14.7. The lowest BCUT2D eigenvalue weighted by molar-refractivity contribution is -0.125. The number of carbonyl (C=O) groups is 2. The SMILES string of the molecule is Cc1ccc2nc(CC(=O)CNC(=O)[C@@H](C)N)sc2c1. The summed E-state index contributed by atoms with van der Waals surface area (Å²) in [5.74, 6) is -0.395. The van der Waals surface area contributed by atoms with Crippen LogP contribution in [0.15, 0.2) is 18.2 Å². The number of benzene rings is 1. The number of nitrogens with zero attached hydrogens (tertiary/aromatic N) is 1. The van der Waals surface area contributed by atoms with Crippen LogP contribution in [0, 0.1) is 6.92 Å². The lowest BCUT2D eigenvalue weighted by Crippen LogP contribution is -2.40. The van der Waals surface area contributed by atoms with E-state index in [1.165, 1.54) is 16.9 Å². The van der Waals surface area contributed by atoms with Gasteiger partial charge in [-0.15, -0.1) is 11.3 Å². The van der Waals surface area contributed by atoms with E-state index in [1.54, 1.807) is 6.92 Å². The third kappa shape index (κ3) is 3.61. The first-order valence-electron chi connectivity index (χ1n) is 6.37. The molecule has 3 N–H and O–H groups in total. The molecule has 2 rings (SSSR count). The van der Waals surface area contributed by atoms with Crippen molar-refractivity contribution in [2.24, 2.45) is 5.73 Å². The largest absolute Gasteiger partial charge is 0.348 e. The Bertz CT molecular complexity index is 649. The molecule has 0 spiro atoms. The smallest absolute Gasteiger partial charge is 0.236 e. The third-order valence-electron chi connectivity index (χ3n) is 2.81. The summed E-state index contributed by atoms with van der Waals surface area (Å²) >= 11 is 1.51. The Morgan fingerprint density at radius 2 is 2.20 bits per heavy atom. The monoisotopic (exact) mass is 291 g/mol. The normalized spacial score (nSPS) is 12.3. The van der Waals surface area contributed by atoms with Gasteiger partial charge in [-0.25, -0.2) is 4.98 Å². The highest BCUT2D eigenvalue weighted by Crippen LogP contribution is 2.23. The summed E-state index contributed by atoms with van der Waals surface area (Å²) in [5, 5.41) is 3.28. The molecule has 0 saturated heterocycles. The summed E-state index contributed by atoms with van der Waals surface area (Å²) in [6.45, 7) is 3.60. The van der Waals surface area contributed by atoms with E-state index in [2.05, 4.69) is 16.4 Å². The summed E-state index contributed by atoms with van der Waals surface area (Å²) in [5.41, 5.74) is 7.48. The number of nitrogens with one attached hydrogen (secondary N) is 1. The van der Waals surface area contributed by atoms with Gasteiger partial charge in [-0.3, -0.25) is 9.59 Å². The van der Waals surface area contributed by atoms with Gasteiger partial charge in [0.2, 0.25) is 5.91 Å². The van der Waals surface area contributed by atoms with E-state index in [-0.39, 0.29) is 24.7 Å². The summed E-state index contributed by atoms with van der Waals surface area (Å²) in [6, 6.07) is 5.40. The van der Waals surface area contributed by atoms with Gasteiger partial charge < -0.3 is 11.1 Å². The number of aryl methyl sites for hydroxylation is 1. The number of Topliss-reactive ketones (excluding diaryl/α,β-unsaturated/α-hetero) is 1. The lowest BCUT2D eigenvalue weighted by Gasteiger charge is -2.05. The number of ketones is 1. The molecule has 0 radical (unpaired) electrons. The van der Waals surface area contributed by atoms with E-state index in [1.807, 2.05) is 19.1 Å². The van der Waals surface area contributed by atoms with Crippen LogP contribution in [0.4, 0.5) is 0 Å². The molecule has 1 amide bonds. The van der Waals surface area contributed by atoms with E-state index in [0.717, 1.165) is 15.2 Å². The van der Waals surface area contributed by atoms with Crippen molar-refractivity contribution >= 4 is 33.2 Å². The molecule has 0 bridgehead atoms. The number of fused-ring (bicyclic) bond motifs is 1. The van der Waals surface area contributed by atoms with E-state index < -0.39 is 6.04 Å². The lowest BCUT2D eigenvalue weighted by atomic mass is 10.2. The number of hydrogen-bond donors (Lipinski definition) is 2. The van der Waals surface area contributed by atoms with E-state index in [4.69, 9.17) is 5.73 Å². The Morgan fingerprint density at radius 3 is 2.90 bits per heavy atom. The van der Waals surface area contributed by atoms with Crippen LogP contribution in [0.3, 0.4) is 0 Å². The number of aromatic nitrogens is 1. The van der Waals surface area contributed by atoms with Crippen molar-refractivity contribution in [2.75, 3.05) is 6.54 Å². The van der Waals surface area contributed by atoms with Crippen molar-refractivity contribution in [1.82, 2.24) is 10.3 Å². The molecule has 5 nitrogen and oxygen atoms in total. The average molecular weight is 291 g/mol. The second kappa shape index (κ2) is 6.11. The van der Waals surface area contributed by atoms with Crippen LogP contribution >= 0.6 is 11.3 Å². The third-order valence-corrected chi connectivity index (χ3v) is 3.83. The maximum Gasteiger partial charge on any atom is 0.236 e. The standard InChI is InChI=1S/C14H17N3O2S/c1-8-3-4-11-12(5-8)20-13(17-11)6-10(18)7-16-14(19)9(2)15/h3-5,9H,6-7,15H2,1-2H3,(H,16,19)/t9-/m1/s1. The molecule has 1 heterocycles. The molecule has 0 aliphatic carbocycles. The van der Waals surface area contributed by atoms with Gasteiger partial charge in [-0.2, -0.15) is 0 Å². The fourth-order valence-electron chi connectivity index (χ4n) is 1.73. The molecular formula is C14H17N3O2S. The van der Waals surface area contributed by atoms with Crippen molar-refractivity contribution < 1.29 is 9.59 Å². The molecular weight excluding hydrogens is 274 g/mol. The Morgan fingerprint density at radius 1 is 1.45 bits per heavy atom. The van der Waals surface area contributed by atoms with Gasteiger partial charge in [-0.05, 0) is 31.5 Å². The molecule has 6 heteroatoms. The first kappa shape index (κ1) is 14.6. The molecule has 0 fully saturated rings. The van der Waals surface area contributed by atoms with Crippen LogP contribution in [0.5, 0.6) is 0 Å². The first-order chi connectivity index (χ1) is 9.45. The predicted molar refractivity (Wildman–Crippen MR) is 79.7 cm³/mol. The van der Waals surface area contributed by atoms with E-state index >= 15 is 0 Å². The summed E-state index contributed by atoms with van der Waals surface area (Å²) in [4.78, 5) is 27.5. The van der Waals surface area contributed by atoms with Crippen molar-refractivity contribution in [2.45, 2.75) is 26.3 Å². The van der Waals surface area contributed by atoms with Gasteiger partial charge in [0.15, 0.2) is 5.78 Å². The first-order valence-corrected chi connectivity index (χ1v) is 7.18. The van der Waals surface area contributed by atoms with Gasteiger partial charge in [0.25, 0.3) is 0 Å². The highest BCUT2D eigenvalue weighted by Gasteiger charge is 2.12. The highest BCUT2D eigenvalue weighted by atomic mass is 32.1. The minimum absolute atomic E-state index is 0.00464. The Hall–Kier alpha value is -1.79.